The zero-order chi connectivity index (χ0) is 8.97. The van der Waals surface area contributed by atoms with Crippen molar-refractivity contribution in [2.75, 3.05) is 26.7 Å². The van der Waals surface area contributed by atoms with Gasteiger partial charge in [-0.05, 0) is 33.0 Å². The summed E-state index contributed by atoms with van der Waals surface area (Å²) in [5, 5.41) is 4.07. The molecule has 3 heteroatoms. The summed E-state index contributed by atoms with van der Waals surface area (Å²) in [6.45, 7) is 6.77. The zero-order valence-corrected chi connectivity index (χ0v) is 8.40. The Morgan fingerprint density at radius 2 is 2.17 bits per heavy atom. The second-order valence-electron chi connectivity index (χ2n) is 3.41. The van der Waals surface area contributed by atoms with E-state index < -0.39 is 0 Å². The minimum atomic E-state index is 0.682. The molecule has 70 valence electrons. The lowest BCUT2D eigenvalue weighted by Crippen LogP contribution is -2.41. The van der Waals surface area contributed by atoms with Crippen LogP contribution in [-0.2, 0) is 0 Å². The topological polar surface area (TPSA) is 15.3 Å². The van der Waals surface area contributed by atoms with E-state index in [1.54, 1.807) is 0 Å². The number of likely N-dealkylation sites (N-methyl/N-ethyl adjacent to an activating group) is 1. The summed E-state index contributed by atoms with van der Waals surface area (Å²) < 4.78 is 0. The van der Waals surface area contributed by atoms with E-state index in [1.165, 1.54) is 12.8 Å². The van der Waals surface area contributed by atoms with E-state index in [0.717, 1.165) is 24.7 Å². The Morgan fingerprint density at radius 1 is 1.58 bits per heavy atom. The number of rotatable bonds is 3. The van der Waals surface area contributed by atoms with Crippen LogP contribution < -0.4 is 5.32 Å². The molecule has 12 heavy (non-hydrogen) atoms. The molecule has 1 fully saturated rings. The lowest BCUT2D eigenvalue weighted by molar-refractivity contribution is 0.216. The molecule has 0 unspecified atom stereocenters. The molecule has 1 saturated heterocycles. The van der Waals surface area contributed by atoms with E-state index in [9.17, 15) is 0 Å². The van der Waals surface area contributed by atoms with Gasteiger partial charge in [-0.1, -0.05) is 18.2 Å². The van der Waals surface area contributed by atoms with Gasteiger partial charge in [-0.25, -0.2) is 0 Å². The number of piperidine rings is 1. The van der Waals surface area contributed by atoms with Crippen LogP contribution in [0.15, 0.2) is 11.6 Å². The van der Waals surface area contributed by atoms with Crippen molar-refractivity contribution < 1.29 is 0 Å². The van der Waals surface area contributed by atoms with Crippen molar-refractivity contribution in [3.63, 3.8) is 0 Å². The van der Waals surface area contributed by atoms with Crippen molar-refractivity contribution in [1.82, 2.24) is 10.2 Å². The second-order valence-corrected chi connectivity index (χ2v) is 3.95. The van der Waals surface area contributed by atoms with Crippen LogP contribution in [0, 0.1) is 0 Å². The Balaban J connectivity index is 2.29. The lowest BCUT2D eigenvalue weighted by Gasteiger charge is -2.31. The van der Waals surface area contributed by atoms with Crippen molar-refractivity contribution in [3.8, 4) is 0 Å². The van der Waals surface area contributed by atoms with Gasteiger partial charge in [-0.3, -0.25) is 4.90 Å². The van der Waals surface area contributed by atoms with Crippen molar-refractivity contribution in [2.45, 2.75) is 18.9 Å². The van der Waals surface area contributed by atoms with Crippen LogP contribution in [0.25, 0.3) is 0 Å². The predicted molar refractivity (Wildman–Crippen MR) is 53.5 cm³/mol. The maximum absolute atomic E-state index is 5.74. The molecule has 1 aliphatic heterocycles. The maximum atomic E-state index is 5.74. The molecule has 1 rings (SSSR count). The van der Waals surface area contributed by atoms with Crippen LogP contribution in [0.4, 0.5) is 0 Å². The number of nitrogens with zero attached hydrogens (tertiary/aromatic N) is 1. The summed E-state index contributed by atoms with van der Waals surface area (Å²) in [5.41, 5.74) is 0. The van der Waals surface area contributed by atoms with Gasteiger partial charge in [-0.15, -0.1) is 0 Å². The molecular formula is C9H17ClN2. The average molecular weight is 189 g/mol. The van der Waals surface area contributed by atoms with Gasteiger partial charge in [0.25, 0.3) is 0 Å². The first-order valence-corrected chi connectivity index (χ1v) is 4.82. The van der Waals surface area contributed by atoms with Crippen LogP contribution in [0.1, 0.15) is 12.8 Å². The van der Waals surface area contributed by atoms with Crippen LogP contribution in [0.2, 0.25) is 0 Å². The fourth-order valence-corrected chi connectivity index (χ4v) is 1.84. The first-order valence-electron chi connectivity index (χ1n) is 4.44. The van der Waals surface area contributed by atoms with Gasteiger partial charge < -0.3 is 5.32 Å². The van der Waals surface area contributed by atoms with Gasteiger partial charge in [-0.2, -0.15) is 0 Å². The van der Waals surface area contributed by atoms with Gasteiger partial charge in [0.2, 0.25) is 0 Å². The van der Waals surface area contributed by atoms with Crippen LogP contribution in [0.5, 0.6) is 0 Å². The molecule has 1 N–H and O–H groups in total. The van der Waals surface area contributed by atoms with Gasteiger partial charge in [0, 0.05) is 17.6 Å². The number of hydrogen-bond donors (Lipinski definition) is 1. The Labute approximate surface area is 79.6 Å². The molecule has 0 amide bonds. The SMILES string of the molecule is C=C(Cl)CN(C)C1CCNCC1. The van der Waals surface area contributed by atoms with Crippen molar-refractivity contribution in [2.24, 2.45) is 0 Å². The van der Waals surface area contributed by atoms with Crippen molar-refractivity contribution in [3.05, 3.63) is 11.6 Å². The van der Waals surface area contributed by atoms with E-state index in [2.05, 4.69) is 23.8 Å². The summed E-state index contributed by atoms with van der Waals surface area (Å²) in [7, 11) is 2.11. The quantitative estimate of drug-likeness (QED) is 0.721. The average Bonchev–Trinajstić information content (AvgIpc) is 2.05. The molecule has 0 radical (unpaired) electrons. The summed E-state index contributed by atoms with van der Waals surface area (Å²) in [6.07, 6.45) is 2.45. The predicted octanol–water partition coefficient (Wildman–Crippen LogP) is 1.42. The molecule has 0 saturated carbocycles. The van der Waals surface area contributed by atoms with Crippen LogP contribution >= 0.6 is 11.6 Å². The highest BCUT2D eigenvalue weighted by Gasteiger charge is 2.17. The Kier molecular flexibility index (Phi) is 4.06. The fraction of sp³-hybridized carbons (Fsp3) is 0.778. The standard InChI is InChI=1S/C9H17ClN2/c1-8(10)7-12(2)9-3-5-11-6-4-9/h9,11H,1,3-7H2,2H3. The van der Waals surface area contributed by atoms with Crippen LogP contribution in [-0.4, -0.2) is 37.6 Å². The van der Waals surface area contributed by atoms with Crippen LogP contribution in [0.3, 0.4) is 0 Å². The summed E-state index contributed by atoms with van der Waals surface area (Å²) in [4.78, 5) is 2.29. The number of nitrogens with one attached hydrogen (secondary N) is 1. The number of hydrogen-bond acceptors (Lipinski definition) is 2. The molecule has 0 spiro atoms. The molecule has 1 heterocycles. The largest absolute Gasteiger partial charge is 0.317 e. The minimum Gasteiger partial charge on any atom is -0.317 e. The molecule has 0 aromatic heterocycles. The summed E-state index contributed by atoms with van der Waals surface area (Å²) in [6, 6.07) is 0.682. The minimum absolute atomic E-state index is 0.682. The van der Waals surface area contributed by atoms with E-state index >= 15 is 0 Å². The van der Waals surface area contributed by atoms with E-state index in [-0.39, 0.29) is 0 Å². The first kappa shape index (κ1) is 10.0. The molecule has 0 bridgehead atoms. The third-order valence-corrected chi connectivity index (χ3v) is 2.47. The number of halogens is 1. The highest BCUT2D eigenvalue weighted by atomic mass is 35.5. The third kappa shape index (κ3) is 3.13. The van der Waals surface area contributed by atoms with Gasteiger partial charge in [0.1, 0.15) is 0 Å². The molecular weight excluding hydrogens is 172 g/mol. The molecule has 1 aliphatic rings. The summed E-state index contributed by atoms with van der Waals surface area (Å²) >= 11 is 5.74. The Hall–Kier alpha value is -0.0500. The molecule has 0 aliphatic carbocycles. The fourth-order valence-electron chi connectivity index (χ4n) is 1.65. The molecule has 0 aromatic rings. The van der Waals surface area contributed by atoms with Gasteiger partial charge >= 0.3 is 0 Å². The normalized spacial score (nSPS) is 19.9. The Morgan fingerprint density at radius 3 is 2.67 bits per heavy atom. The van der Waals surface area contributed by atoms with E-state index in [0.29, 0.717) is 6.04 Å². The second kappa shape index (κ2) is 4.85. The lowest BCUT2D eigenvalue weighted by atomic mass is 10.1. The molecule has 0 atom stereocenters. The summed E-state index contributed by atoms with van der Waals surface area (Å²) in [5.74, 6) is 0. The highest BCUT2D eigenvalue weighted by Crippen LogP contribution is 2.11. The van der Waals surface area contributed by atoms with E-state index in [4.69, 9.17) is 11.6 Å². The maximum Gasteiger partial charge on any atom is 0.0335 e. The van der Waals surface area contributed by atoms with E-state index in [1.807, 2.05) is 0 Å². The van der Waals surface area contributed by atoms with Gasteiger partial charge in [0.15, 0.2) is 0 Å². The third-order valence-electron chi connectivity index (χ3n) is 2.35. The first-order chi connectivity index (χ1) is 5.70. The van der Waals surface area contributed by atoms with Crippen molar-refractivity contribution in [1.29, 1.82) is 0 Å². The Bertz CT molecular complexity index is 153. The van der Waals surface area contributed by atoms with Gasteiger partial charge in [0.05, 0.1) is 0 Å². The molecule has 2 nitrogen and oxygen atoms in total. The monoisotopic (exact) mass is 188 g/mol. The smallest absolute Gasteiger partial charge is 0.0335 e. The molecule has 0 aromatic carbocycles. The highest BCUT2D eigenvalue weighted by molar-refractivity contribution is 6.29. The van der Waals surface area contributed by atoms with Crippen molar-refractivity contribution >= 4 is 11.6 Å². The zero-order valence-electron chi connectivity index (χ0n) is 7.65.